The minimum Gasteiger partial charge on any atom is -0.381 e. The molecule has 6 nitrogen and oxygen atoms in total. The zero-order valence-electron chi connectivity index (χ0n) is 19.6. The molecule has 2 aliphatic heterocycles. The molecule has 2 aliphatic rings. The van der Waals surface area contributed by atoms with Gasteiger partial charge in [0.15, 0.2) is 0 Å². The van der Waals surface area contributed by atoms with Crippen LogP contribution in [0.4, 0.5) is 24.8 Å². The number of anilines is 2. The number of nitrogens with zero attached hydrogens (tertiary/aromatic N) is 2. The number of hydrogen-bond acceptors (Lipinski definition) is 6. The van der Waals surface area contributed by atoms with Crippen LogP contribution in [0.15, 0.2) is 24.3 Å². The van der Waals surface area contributed by atoms with Gasteiger partial charge in [-0.25, -0.2) is 9.97 Å². The summed E-state index contributed by atoms with van der Waals surface area (Å²) in [4.78, 5) is 8.01. The first-order valence-corrected chi connectivity index (χ1v) is 12.5. The molecule has 0 atom stereocenters. The smallest absolute Gasteiger partial charge is 0.381 e. The molecule has 2 aromatic heterocycles. The van der Waals surface area contributed by atoms with E-state index in [1.165, 1.54) is 0 Å². The zero-order chi connectivity index (χ0) is 25.3. The van der Waals surface area contributed by atoms with E-state index in [2.05, 4.69) is 20.6 Å². The Kier molecular flexibility index (Phi) is 10.7. The Morgan fingerprint density at radius 1 is 0.857 bits per heavy atom. The third-order valence-corrected chi connectivity index (χ3v) is 6.61. The van der Waals surface area contributed by atoms with E-state index in [1.54, 1.807) is 0 Å². The summed E-state index contributed by atoms with van der Waals surface area (Å²) < 4.78 is 48.9. The molecule has 0 aromatic carbocycles. The molecule has 35 heavy (non-hydrogen) atoms. The molecule has 0 radical (unpaired) electrons. The van der Waals surface area contributed by atoms with E-state index < -0.39 is 11.7 Å². The lowest BCUT2D eigenvalue weighted by Gasteiger charge is -2.23. The second-order valence-electron chi connectivity index (χ2n) is 8.71. The van der Waals surface area contributed by atoms with Crippen molar-refractivity contribution in [2.24, 2.45) is 11.8 Å². The number of nitrogens with one attached hydrogen (secondary N) is 2. The Bertz CT molecular complexity index is 937. The monoisotopic (exact) mass is 534 g/mol. The molecule has 2 N–H and O–H groups in total. The normalized spacial score (nSPS) is 17.4. The standard InChI is InChI=1S/C12H14ClF3N2O.C12H17ClN2O/c13-10-2-1-9(12(14,15)16)11(18-10)17-7-8-3-5-19-6-4-8;1-9-2-3-11(15-12(9)13)14-8-10-4-6-16-7-5-10/h1-2,8H,3-7H2,(H,17,18);2-3,10H,4-8H2,1H3,(H,14,15). The van der Waals surface area contributed by atoms with Crippen LogP contribution in [0.25, 0.3) is 0 Å². The highest BCUT2D eigenvalue weighted by molar-refractivity contribution is 6.30. The fourth-order valence-electron chi connectivity index (χ4n) is 3.79. The van der Waals surface area contributed by atoms with Crippen LogP contribution in [0.3, 0.4) is 0 Å². The van der Waals surface area contributed by atoms with E-state index in [9.17, 15) is 13.2 Å². The number of ether oxygens (including phenoxy) is 2. The fraction of sp³-hybridized carbons (Fsp3) is 0.583. The van der Waals surface area contributed by atoms with E-state index in [-0.39, 0.29) is 11.0 Å². The van der Waals surface area contributed by atoms with E-state index in [0.717, 1.165) is 69.0 Å². The Hall–Kier alpha value is -1.81. The van der Waals surface area contributed by atoms with Gasteiger partial charge in [0, 0.05) is 39.5 Å². The zero-order valence-corrected chi connectivity index (χ0v) is 21.1. The van der Waals surface area contributed by atoms with Gasteiger partial charge in [0.1, 0.15) is 21.9 Å². The summed E-state index contributed by atoms with van der Waals surface area (Å²) >= 11 is 11.6. The number of hydrogen-bond donors (Lipinski definition) is 2. The van der Waals surface area contributed by atoms with E-state index in [1.807, 2.05) is 19.1 Å². The summed E-state index contributed by atoms with van der Waals surface area (Å²) in [5.74, 6) is 1.65. The second-order valence-corrected chi connectivity index (χ2v) is 9.45. The van der Waals surface area contributed by atoms with E-state index in [0.29, 0.717) is 36.7 Å². The van der Waals surface area contributed by atoms with Gasteiger partial charge in [0.25, 0.3) is 0 Å². The lowest BCUT2D eigenvalue weighted by molar-refractivity contribution is -0.137. The molecule has 4 rings (SSSR count). The quantitative estimate of drug-likeness (QED) is 0.413. The van der Waals surface area contributed by atoms with Gasteiger partial charge >= 0.3 is 6.18 Å². The van der Waals surface area contributed by atoms with Crippen LogP contribution in [0.5, 0.6) is 0 Å². The lowest BCUT2D eigenvalue weighted by Crippen LogP contribution is -2.24. The predicted molar refractivity (Wildman–Crippen MR) is 132 cm³/mol. The molecule has 0 saturated carbocycles. The Balaban J connectivity index is 0.000000198. The number of halogens is 5. The number of pyridine rings is 2. The summed E-state index contributed by atoms with van der Waals surface area (Å²) in [6.45, 7) is 6.43. The van der Waals surface area contributed by atoms with Crippen LogP contribution < -0.4 is 10.6 Å². The highest BCUT2D eigenvalue weighted by Crippen LogP contribution is 2.34. The molecule has 194 valence electrons. The topological polar surface area (TPSA) is 68.3 Å². The van der Waals surface area contributed by atoms with Crippen molar-refractivity contribution in [1.82, 2.24) is 9.97 Å². The lowest BCUT2D eigenvalue weighted by atomic mass is 10.0. The van der Waals surface area contributed by atoms with Gasteiger partial charge in [-0.05, 0) is 68.2 Å². The number of aromatic nitrogens is 2. The summed E-state index contributed by atoms with van der Waals surface area (Å²) in [5.41, 5.74) is 0.224. The van der Waals surface area contributed by atoms with Gasteiger partial charge in [-0.2, -0.15) is 13.2 Å². The minimum absolute atomic E-state index is 0.0440. The third kappa shape index (κ3) is 9.29. The van der Waals surface area contributed by atoms with Crippen LogP contribution in [0.1, 0.15) is 36.8 Å². The van der Waals surface area contributed by atoms with Crippen LogP contribution in [-0.4, -0.2) is 49.5 Å². The van der Waals surface area contributed by atoms with Crippen molar-refractivity contribution in [3.8, 4) is 0 Å². The highest BCUT2D eigenvalue weighted by atomic mass is 35.5. The molecule has 4 heterocycles. The minimum atomic E-state index is -4.43. The van der Waals surface area contributed by atoms with E-state index >= 15 is 0 Å². The largest absolute Gasteiger partial charge is 0.419 e. The van der Waals surface area contributed by atoms with Crippen molar-refractivity contribution >= 4 is 34.8 Å². The fourth-order valence-corrected chi connectivity index (χ4v) is 4.09. The molecule has 0 aliphatic carbocycles. The van der Waals surface area contributed by atoms with Gasteiger partial charge in [-0.15, -0.1) is 0 Å². The summed E-state index contributed by atoms with van der Waals surface area (Å²) in [7, 11) is 0. The van der Waals surface area contributed by atoms with Crippen LogP contribution >= 0.6 is 23.2 Å². The van der Waals surface area contributed by atoms with Crippen LogP contribution in [0.2, 0.25) is 10.3 Å². The SMILES string of the molecule is Cc1ccc(NCC2CCOCC2)nc1Cl.FC(F)(F)c1ccc(Cl)nc1NCC1CCOCC1. The summed E-state index contributed by atoms with van der Waals surface area (Å²) in [6.07, 6.45) is -0.487. The van der Waals surface area contributed by atoms with Crippen molar-refractivity contribution in [2.75, 3.05) is 50.2 Å². The number of aryl methyl sites for hydroxylation is 1. The molecule has 0 spiro atoms. The van der Waals surface area contributed by atoms with Gasteiger partial charge in [0.2, 0.25) is 0 Å². The van der Waals surface area contributed by atoms with Crippen LogP contribution in [0, 0.1) is 18.8 Å². The van der Waals surface area contributed by atoms with Crippen molar-refractivity contribution in [1.29, 1.82) is 0 Å². The number of rotatable bonds is 6. The molecular formula is C24H31Cl2F3N4O2. The summed E-state index contributed by atoms with van der Waals surface area (Å²) in [6, 6.07) is 6.05. The first-order chi connectivity index (χ1) is 16.7. The van der Waals surface area contributed by atoms with Crippen molar-refractivity contribution in [2.45, 2.75) is 38.8 Å². The van der Waals surface area contributed by atoms with Crippen LogP contribution in [-0.2, 0) is 15.7 Å². The molecule has 11 heteroatoms. The molecular weight excluding hydrogens is 504 g/mol. The molecule has 0 amide bonds. The first-order valence-electron chi connectivity index (χ1n) is 11.7. The van der Waals surface area contributed by atoms with Gasteiger partial charge in [-0.3, -0.25) is 0 Å². The Labute approximate surface area is 213 Å². The van der Waals surface area contributed by atoms with Gasteiger partial charge in [-0.1, -0.05) is 29.3 Å². The highest BCUT2D eigenvalue weighted by Gasteiger charge is 2.34. The summed E-state index contributed by atoms with van der Waals surface area (Å²) in [5, 5.41) is 6.72. The average molecular weight is 535 g/mol. The first kappa shape index (κ1) is 27.8. The van der Waals surface area contributed by atoms with Crippen molar-refractivity contribution in [3.63, 3.8) is 0 Å². The maximum Gasteiger partial charge on any atom is 0.419 e. The molecule has 0 bridgehead atoms. The predicted octanol–water partition coefficient (Wildman–Crippen LogP) is 6.47. The molecule has 2 fully saturated rings. The van der Waals surface area contributed by atoms with E-state index in [4.69, 9.17) is 32.7 Å². The maximum absolute atomic E-state index is 12.8. The molecule has 0 unspecified atom stereocenters. The maximum atomic E-state index is 12.8. The van der Waals surface area contributed by atoms with Crippen molar-refractivity contribution in [3.05, 3.63) is 45.7 Å². The van der Waals surface area contributed by atoms with Crippen molar-refractivity contribution < 1.29 is 22.6 Å². The van der Waals surface area contributed by atoms with Gasteiger partial charge < -0.3 is 20.1 Å². The Morgan fingerprint density at radius 2 is 1.43 bits per heavy atom. The Morgan fingerprint density at radius 3 is 1.97 bits per heavy atom. The average Bonchev–Trinajstić information content (AvgIpc) is 2.84. The number of alkyl halides is 3. The van der Waals surface area contributed by atoms with Gasteiger partial charge in [0.05, 0.1) is 5.56 Å². The molecule has 2 saturated heterocycles. The molecule has 2 aromatic rings. The second kappa shape index (κ2) is 13.5. The third-order valence-electron chi connectivity index (χ3n) is 6.01.